The molecule has 3 rings (SSSR count). The summed E-state index contributed by atoms with van der Waals surface area (Å²) in [6.45, 7) is 5.73. The van der Waals surface area contributed by atoms with Crippen molar-refractivity contribution in [2.75, 3.05) is 6.54 Å². The molecule has 1 fully saturated rings. The lowest BCUT2D eigenvalue weighted by Gasteiger charge is -2.32. The first kappa shape index (κ1) is 27.2. The molecule has 7 nitrogen and oxygen atoms in total. The zero-order valence-electron chi connectivity index (χ0n) is 20.4. The van der Waals surface area contributed by atoms with Crippen molar-refractivity contribution in [1.29, 1.82) is 0 Å². The summed E-state index contributed by atoms with van der Waals surface area (Å²) in [5, 5.41) is 3.75. The molecule has 1 aliphatic carbocycles. The molecular weight excluding hydrogens is 489 g/mol. The van der Waals surface area contributed by atoms with Crippen LogP contribution in [0.3, 0.4) is 0 Å². The Hall–Kier alpha value is -2.38. The summed E-state index contributed by atoms with van der Waals surface area (Å²) >= 11 is 12.7. The van der Waals surface area contributed by atoms with Crippen molar-refractivity contribution in [3.8, 4) is 0 Å². The minimum Gasteiger partial charge on any atom is -0.352 e. The van der Waals surface area contributed by atoms with Crippen molar-refractivity contribution in [2.24, 2.45) is 11.8 Å². The third kappa shape index (κ3) is 6.07. The number of halogens is 2. The summed E-state index contributed by atoms with van der Waals surface area (Å²) in [6.07, 6.45) is 6.00. The van der Waals surface area contributed by atoms with Crippen molar-refractivity contribution in [1.82, 2.24) is 15.1 Å². The van der Waals surface area contributed by atoms with Gasteiger partial charge < -0.3 is 10.2 Å². The van der Waals surface area contributed by atoms with Crippen LogP contribution in [0.5, 0.6) is 0 Å². The van der Waals surface area contributed by atoms with Crippen molar-refractivity contribution in [3.63, 3.8) is 0 Å². The molecule has 0 bridgehead atoms. The highest BCUT2D eigenvalue weighted by molar-refractivity contribution is 6.36. The number of nitrogens with one attached hydrogen (secondary N) is 1. The number of fused-ring (bicyclic) bond motifs is 1. The molecule has 1 aliphatic heterocycles. The van der Waals surface area contributed by atoms with E-state index in [4.69, 9.17) is 23.2 Å². The number of likely N-dealkylation sites (tertiary alicyclic amines) is 1. The number of carbonyl (C=O) groups excluding carboxylic acids is 4. The maximum Gasteiger partial charge on any atom is 0.243 e. The van der Waals surface area contributed by atoms with Gasteiger partial charge in [-0.2, -0.15) is 0 Å². The van der Waals surface area contributed by atoms with E-state index in [1.165, 1.54) is 9.80 Å². The van der Waals surface area contributed by atoms with Crippen LogP contribution in [0.4, 0.5) is 0 Å². The largest absolute Gasteiger partial charge is 0.352 e. The smallest absolute Gasteiger partial charge is 0.243 e. The number of nitrogens with zero attached hydrogens (tertiary/aromatic N) is 2. The number of allylic oxidation sites excluding steroid dienone is 2. The van der Waals surface area contributed by atoms with E-state index in [0.717, 1.165) is 6.42 Å². The van der Waals surface area contributed by atoms with Gasteiger partial charge in [-0.3, -0.25) is 24.1 Å². The van der Waals surface area contributed by atoms with Gasteiger partial charge in [-0.05, 0) is 44.7 Å². The van der Waals surface area contributed by atoms with Gasteiger partial charge in [0.15, 0.2) is 0 Å². The number of hydrogen-bond acceptors (Lipinski definition) is 4. The topological polar surface area (TPSA) is 86.8 Å². The number of rotatable bonds is 10. The van der Waals surface area contributed by atoms with Crippen molar-refractivity contribution in [3.05, 3.63) is 46.0 Å². The molecule has 1 saturated heterocycles. The Kier molecular flexibility index (Phi) is 9.36. The molecule has 4 atom stereocenters. The molecule has 0 radical (unpaired) electrons. The Labute approximate surface area is 216 Å². The van der Waals surface area contributed by atoms with E-state index in [2.05, 4.69) is 5.32 Å². The highest BCUT2D eigenvalue weighted by atomic mass is 35.5. The number of amides is 4. The second-order valence-electron chi connectivity index (χ2n) is 9.20. The summed E-state index contributed by atoms with van der Waals surface area (Å²) in [7, 11) is 0. The lowest BCUT2D eigenvalue weighted by atomic mass is 9.85. The van der Waals surface area contributed by atoms with Crippen molar-refractivity contribution in [2.45, 2.75) is 71.5 Å². The van der Waals surface area contributed by atoms with Gasteiger partial charge in [-0.15, -0.1) is 0 Å². The van der Waals surface area contributed by atoms with E-state index < -0.39 is 6.04 Å². The van der Waals surface area contributed by atoms with Crippen LogP contribution < -0.4 is 5.32 Å². The van der Waals surface area contributed by atoms with E-state index in [1.54, 1.807) is 18.2 Å². The molecule has 2 aliphatic rings. The minimum atomic E-state index is -0.749. The molecule has 0 spiro atoms. The van der Waals surface area contributed by atoms with E-state index in [-0.39, 0.29) is 61.0 Å². The van der Waals surface area contributed by atoms with Gasteiger partial charge in [-0.25, -0.2) is 0 Å². The molecule has 1 N–H and O–H groups in total. The molecule has 190 valence electrons. The maximum atomic E-state index is 13.5. The molecule has 0 saturated carbocycles. The molecular formula is C26H33Cl2N3O4. The Bertz CT molecular complexity index is 966. The fraction of sp³-hybridized carbons (Fsp3) is 0.538. The molecule has 1 heterocycles. The molecule has 1 aromatic rings. The third-order valence-electron chi connectivity index (χ3n) is 6.93. The fourth-order valence-corrected chi connectivity index (χ4v) is 5.17. The van der Waals surface area contributed by atoms with Gasteiger partial charge in [0, 0.05) is 41.2 Å². The predicted molar refractivity (Wildman–Crippen MR) is 136 cm³/mol. The standard InChI is InChI=1S/C26H33Cl2N3O4/c1-4-16(3)29-24(33)22(5-2)31(15-19-20(27)11-8-12-21(19)28)23(32)13-14-30-25(34)17-9-6-7-10-18(17)26(30)35/h6-8,11-12,16-18,22H,4-5,9-10,13-15H2,1-3H3,(H,29,33)/t16-,17-,18+,22-/m1/s1. The van der Waals surface area contributed by atoms with E-state index in [9.17, 15) is 19.2 Å². The molecule has 1 aromatic carbocycles. The summed E-state index contributed by atoms with van der Waals surface area (Å²) in [5.74, 6) is -1.74. The van der Waals surface area contributed by atoms with Gasteiger partial charge in [0.05, 0.1) is 11.8 Å². The zero-order valence-corrected chi connectivity index (χ0v) is 21.9. The molecule has 0 unspecified atom stereocenters. The summed E-state index contributed by atoms with van der Waals surface area (Å²) in [5.41, 5.74) is 0.546. The quantitative estimate of drug-likeness (QED) is 0.366. The van der Waals surface area contributed by atoms with Crippen LogP contribution in [0.1, 0.15) is 58.4 Å². The Balaban J connectivity index is 1.81. The van der Waals surface area contributed by atoms with Gasteiger partial charge in [-0.1, -0.05) is 55.3 Å². The average Bonchev–Trinajstić information content (AvgIpc) is 3.08. The van der Waals surface area contributed by atoms with Crippen LogP contribution in [-0.2, 0) is 25.7 Å². The average molecular weight is 522 g/mol. The second kappa shape index (κ2) is 12.0. The number of benzene rings is 1. The monoisotopic (exact) mass is 521 g/mol. The Morgan fingerprint density at radius 3 is 2.14 bits per heavy atom. The van der Waals surface area contributed by atoms with Gasteiger partial charge in [0.25, 0.3) is 0 Å². The maximum absolute atomic E-state index is 13.5. The van der Waals surface area contributed by atoms with Crippen LogP contribution in [0.15, 0.2) is 30.4 Å². The second-order valence-corrected chi connectivity index (χ2v) is 10.0. The zero-order chi connectivity index (χ0) is 25.7. The fourth-order valence-electron chi connectivity index (χ4n) is 4.65. The highest BCUT2D eigenvalue weighted by Crippen LogP contribution is 2.35. The van der Waals surface area contributed by atoms with Gasteiger partial charge >= 0.3 is 0 Å². The highest BCUT2D eigenvalue weighted by Gasteiger charge is 2.47. The van der Waals surface area contributed by atoms with Crippen LogP contribution in [0.25, 0.3) is 0 Å². The van der Waals surface area contributed by atoms with Crippen LogP contribution >= 0.6 is 23.2 Å². The first-order valence-corrected chi connectivity index (χ1v) is 13.0. The predicted octanol–water partition coefficient (Wildman–Crippen LogP) is 4.36. The molecule has 0 aromatic heterocycles. The van der Waals surface area contributed by atoms with E-state index in [0.29, 0.717) is 34.9 Å². The Morgan fingerprint density at radius 2 is 1.63 bits per heavy atom. The Morgan fingerprint density at radius 1 is 1.06 bits per heavy atom. The number of hydrogen-bond donors (Lipinski definition) is 1. The first-order valence-electron chi connectivity index (χ1n) is 12.2. The summed E-state index contributed by atoms with van der Waals surface area (Å²) in [4.78, 5) is 54.9. The summed E-state index contributed by atoms with van der Waals surface area (Å²) < 4.78 is 0. The SMILES string of the molecule is CC[C@@H](C)NC(=O)[C@@H](CC)N(Cc1c(Cl)cccc1Cl)C(=O)CCN1C(=O)[C@H]2CC=CC[C@H]2C1=O. The van der Waals surface area contributed by atoms with Crippen molar-refractivity contribution < 1.29 is 19.2 Å². The van der Waals surface area contributed by atoms with Gasteiger partial charge in [0.2, 0.25) is 23.6 Å². The third-order valence-corrected chi connectivity index (χ3v) is 7.63. The molecule has 4 amide bonds. The lowest BCUT2D eigenvalue weighted by molar-refractivity contribution is -0.144. The van der Waals surface area contributed by atoms with Crippen LogP contribution in [-0.4, -0.2) is 52.1 Å². The number of imide groups is 1. The van der Waals surface area contributed by atoms with Gasteiger partial charge in [0.1, 0.15) is 6.04 Å². The first-order chi connectivity index (χ1) is 16.7. The van der Waals surface area contributed by atoms with Crippen molar-refractivity contribution >= 4 is 46.8 Å². The molecule has 35 heavy (non-hydrogen) atoms. The normalized spacial score (nSPS) is 21.0. The van der Waals surface area contributed by atoms with E-state index >= 15 is 0 Å². The summed E-state index contributed by atoms with van der Waals surface area (Å²) in [6, 6.07) is 4.28. The number of carbonyl (C=O) groups is 4. The molecule has 9 heteroatoms. The van der Waals surface area contributed by atoms with Crippen LogP contribution in [0.2, 0.25) is 10.0 Å². The van der Waals surface area contributed by atoms with Crippen LogP contribution in [0, 0.1) is 11.8 Å². The van der Waals surface area contributed by atoms with E-state index in [1.807, 2.05) is 32.9 Å². The minimum absolute atomic E-state index is 0.0142. The lowest BCUT2D eigenvalue weighted by Crippen LogP contribution is -2.51.